The molecule has 0 spiro atoms. The Balaban J connectivity index is 1.81. The highest BCUT2D eigenvalue weighted by Gasteiger charge is 2.25. The van der Waals surface area contributed by atoms with E-state index in [-0.39, 0.29) is 0 Å². The highest BCUT2D eigenvalue weighted by atomic mass is 32.2. The van der Waals surface area contributed by atoms with Gasteiger partial charge in [-0.2, -0.15) is 0 Å². The fourth-order valence-corrected chi connectivity index (χ4v) is 5.09. The van der Waals surface area contributed by atoms with Gasteiger partial charge in [-0.15, -0.1) is 0 Å². The summed E-state index contributed by atoms with van der Waals surface area (Å²) in [5, 5.41) is 5.10. The number of hydrogen-bond donors (Lipinski definition) is 1. The minimum Gasteiger partial charge on any atom is -0.368 e. The number of piperazine rings is 1. The van der Waals surface area contributed by atoms with Crippen LogP contribution in [0.4, 0.5) is 11.4 Å². The molecule has 1 aliphatic heterocycles. The quantitative estimate of drug-likeness (QED) is 0.736. The van der Waals surface area contributed by atoms with Crippen LogP contribution >= 0.6 is 0 Å². The van der Waals surface area contributed by atoms with E-state index in [1.165, 1.54) is 4.31 Å². The fourth-order valence-electron chi connectivity index (χ4n) is 3.70. The molecule has 1 heterocycles. The maximum atomic E-state index is 13.4. The van der Waals surface area contributed by atoms with Gasteiger partial charge in [0.25, 0.3) is 10.0 Å². The lowest BCUT2D eigenvalue weighted by atomic mass is 10.1. The Hall–Kier alpha value is -2.57. The third-order valence-electron chi connectivity index (χ3n) is 5.35. The van der Waals surface area contributed by atoms with Crippen molar-refractivity contribution in [1.82, 2.24) is 5.32 Å². The van der Waals surface area contributed by atoms with Crippen LogP contribution < -0.4 is 14.5 Å². The zero-order valence-electron chi connectivity index (χ0n) is 16.2. The molecule has 1 saturated heterocycles. The van der Waals surface area contributed by atoms with E-state index in [9.17, 15) is 8.42 Å². The van der Waals surface area contributed by atoms with Gasteiger partial charge in [0.05, 0.1) is 10.6 Å². The molecule has 0 atom stereocenters. The maximum absolute atomic E-state index is 13.4. The van der Waals surface area contributed by atoms with Crippen molar-refractivity contribution in [2.45, 2.75) is 11.8 Å². The number of anilines is 2. The van der Waals surface area contributed by atoms with Crippen LogP contribution in [-0.4, -0.2) is 41.6 Å². The number of nitrogens with zero attached hydrogens (tertiary/aromatic N) is 2. The standard InChI is InChI=1S/C22H25N3O2S/c1-17-7-9-18(10-8-17)24(2)28(26,27)22-12-11-21(25-15-13-23-14-16-25)19-5-3-4-6-20(19)22/h3-12,23H,13-16H2,1-2H3. The van der Waals surface area contributed by atoms with Crippen LogP contribution in [0.15, 0.2) is 65.6 Å². The Kier molecular flexibility index (Phi) is 5.00. The SMILES string of the molecule is Cc1ccc(N(C)S(=O)(=O)c2ccc(N3CCNCC3)c3ccccc23)cc1. The monoisotopic (exact) mass is 395 g/mol. The Morgan fingerprint density at radius 3 is 2.21 bits per heavy atom. The zero-order chi connectivity index (χ0) is 19.7. The predicted octanol–water partition coefficient (Wildman–Crippen LogP) is 3.38. The first-order chi connectivity index (χ1) is 13.5. The average molecular weight is 396 g/mol. The minimum absolute atomic E-state index is 0.338. The van der Waals surface area contributed by atoms with Gasteiger partial charge in [-0.3, -0.25) is 4.31 Å². The van der Waals surface area contributed by atoms with Gasteiger partial charge in [-0.25, -0.2) is 8.42 Å². The molecule has 6 heteroatoms. The van der Waals surface area contributed by atoms with Crippen molar-refractivity contribution in [3.05, 3.63) is 66.2 Å². The van der Waals surface area contributed by atoms with Crippen molar-refractivity contribution in [3.63, 3.8) is 0 Å². The predicted molar refractivity (Wildman–Crippen MR) is 116 cm³/mol. The van der Waals surface area contributed by atoms with Crippen LogP contribution in [0.1, 0.15) is 5.56 Å². The molecule has 3 aromatic carbocycles. The molecule has 1 N–H and O–H groups in total. The lowest BCUT2D eigenvalue weighted by Gasteiger charge is -2.31. The van der Waals surface area contributed by atoms with Crippen molar-refractivity contribution in [1.29, 1.82) is 0 Å². The molecule has 0 saturated carbocycles. The number of nitrogens with one attached hydrogen (secondary N) is 1. The molecule has 0 unspecified atom stereocenters. The minimum atomic E-state index is -3.68. The summed E-state index contributed by atoms with van der Waals surface area (Å²) in [6.07, 6.45) is 0. The lowest BCUT2D eigenvalue weighted by Crippen LogP contribution is -2.43. The molecule has 146 valence electrons. The number of aryl methyl sites for hydroxylation is 1. The zero-order valence-corrected chi connectivity index (χ0v) is 17.0. The average Bonchev–Trinajstić information content (AvgIpc) is 2.73. The molecule has 0 amide bonds. The van der Waals surface area contributed by atoms with Crippen molar-refractivity contribution < 1.29 is 8.42 Å². The third kappa shape index (κ3) is 3.34. The second-order valence-corrected chi connectivity index (χ2v) is 9.11. The van der Waals surface area contributed by atoms with Crippen LogP contribution in [0.5, 0.6) is 0 Å². The molecule has 0 radical (unpaired) electrons. The number of rotatable bonds is 4. The van der Waals surface area contributed by atoms with Crippen LogP contribution in [0.2, 0.25) is 0 Å². The molecule has 0 bridgehead atoms. The van der Waals surface area contributed by atoms with Crippen molar-refractivity contribution in [3.8, 4) is 0 Å². The molecular formula is C22H25N3O2S. The molecule has 3 aromatic rings. The number of hydrogen-bond acceptors (Lipinski definition) is 4. The summed E-state index contributed by atoms with van der Waals surface area (Å²) in [5.41, 5.74) is 2.84. The first-order valence-electron chi connectivity index (χ1n) is 9.51. The van der Waals surface area contributed by atoms with Gasteiger partial charge in [0.15, 0.2) is 0 Å². The first kappa shape index (κ1) is 18.8. The molecule has 0 aliphatic carbocycles. The Labute approximate surface area is 166 Å². The highest BCUT2D eigenvalue weighted by Crippen LogP contribution is 2.34. The normalized spacial score (nSPS) is 15.0. The van der Waals surface area contributed by atoms with Gasteiger partial charge in [0, 0.05) is 49.7 Å². The largest absolute Gasteiger partial charge is 0.368 e. The van der Waals surface area contributed by atoms with E-state index in [4.69, 9.17) is 0 Å². The maximum Gasteiger partial charge on any atom is 0.264 e. The molecule has 1 aliphatic rings. The summed E-state index contributed by atoms with van der Waals surface area (Å²) in [6.45, 7) is 5.69. The number of benzene rings is 3. The Morgan fingerprint density at radius 2 is 1.54 bits per heavy atom. The second-order valence-electron chi connectivity index (χ2n) is 7.17. The molecule has 0 aromatic heterocycles. The number of fused-ring (bicyclic) bond motifs is 1. The summed E-state index contributed by atoms with van der Waals surface area (Å²) in [5.74, 6) is 0. The molecule has 1 fully saturated rings. The van der Waals surface area contributed by atoms with Gasteiger partial charge in [-0.1, -0.05) is 42.0 Å². The van der Waals surface area contributed by atoms with Crippen molar-refractivity contribution >= 4 is 32.2 Å². The van der Waals surface area contributed by atoms with E-state index in [1.807, 2.05) is 61.5 Å². The van der Waals surface area contributed by atoms with Gasteiger partial charge in [-0.05, 0) is 31.2 Å². The van der Waals surface area contributed by atoms with Crippen LogP contribution in [0, 0.1) is 6.92 Å². The first-order valence-corrected chi connectivity index (χ1v) is 11.0. The molecule has 5 nitrogen and oxygen atoms in total. The van der Waals surface area contributed by atoms with Gasteiger partial charge in [0.1, 0.15) is 0 Å². The van der Waals surface area contributed by atoms with E-state index in [1.54, 1.807) is 13.1 Å². The Morgan fingerprint density at radius 1 is 0.893 bits per heavy atom. The summed E-state index contributed by atoms with van der Waals surface area (Å²) < 4.78 is 28.2. The summed E-state index contributed by atoms with van der Waals surface area (Å²) in [4.78, 5) is 2.66. The lowest BCUT2D eigenvalue weighted by molar-refractivity contribution is 0.589. The highest BCUT2D eigenvalue weighted by molar-refractivity contribution is 7.93. The molecular weight excluding hydrogens is 370 g/mol. The molecule has 28 heavy (non-hydrogen) atoms. The second kappa shape index (κ2) is 7.45. The van der Waals surface area contributed by atoms with E-state index < -0.39 is 10.0 Å². The fraction of sp³-hybridized carbons (Fsp3) is 0.273. The van der Waals surface area contributed by atoms with E-state index >= 15 is 0 Å². The molecule has 4 rings (SSSR count). The summed E-state index contributed by atoms with van der Waals surface area (Å²) in [7, 11) is -2.07. The van der Waals surface area contributed by atoms with Gasteiger partial charge >= 0.3 is 0 Å². The van der Waals surface area contributed by atoms with Crippen LogP contribution in [0.25, 0.3) is 10.8 Å². The smallest absolute Gasteiger partial charge is 0.264 e. The van der Waals surface area contributed by atoms with E-state index in [2.05, 4.69) is 10.2 Å². The topological polar surface area (TPSA) is 52.7 Å². The number of sulfonamides is 1. The van der Waals surface area contributed by atoms with Crippen LogP contribution in [-0.2, 0) is 10.0 Å². The summed E-state index contributed by atoms with van der Waals surface area (Å²) >= 11 is 0. The van der Waals surface area contributed by atoms with Gasteiger partial charge in [0.2, 0.25) is 0 Å². The third-order valence-corrected chi connectivity index (χ3v) is 7.20. The van der Waals surface area contributed by atoms with Gasteiger partial charge < -0.3 is 10.2 Å². The summed E-state index contributed by atoms with van der Waals surface area (Å²) in [6, 6.07) is 19.0. The van der Waals surface area contributed by atoms with Crippen LogP contribution in [0.3, 0.4) is 0 Å². The van der Waals surface area contributed by atoms with E-state index in [0.29, 0.717) is 10.6 Å². The van der Waals surface area contributed by atoms with Crippen molar-refractivity contribution in [2.24, 2.45) is 0 Å². The van der Waals surface area contributed by atoms with E-state index in [0.717, 1.165) is 48.2 Å². The Bertz CT molecular complexity index is 1090. The van der Waals surface area contributed by atoms with Crippen molar-refractivity contribution in [2.75, 3.05) is 42.4 Å².